The van der Waals surface area contributed by atoms with Crippen molar-refractivity contribution in [3.8, 4) is 0 Å². The lowest BCUT2D eigenvalue weighted by Gasteiger charge is -2.39. The lowest BCUT2D eigenvalue weighted by molar-refractivity contribution is -0.136. The zero-order chi connectivity index (χ0) is 13.9. The minimum atomic E-state index is 0.0709. The molecule has 19 heavy (non-hydrogen) atoms. The van der Waals surface area contributed by atoms with Gasteiger partial charge in [-0.2, -0.15) is 0 Å². The van der Waals surface area contributed by atoms with Gasteiger partial charge in [0, 0.05) is 26.2 Å². The molecule has 0 aliphatic carbocycles. The van der Waals surface area contributed by atoms with Gasteiger partial charge in [0.25, 0.3) is 0 Å². The van der Waals surface area contributed by atoms with Crippen LogP contribution in [0.5, 0.6) is 0 Å². The van der Waals surface area contributed by atoms with Crippen LogP contribution in [0.25, 0.3) is 0 Å². The summed E-state index contributed by atoms with van der Waals surface area (Å²) >= 11 is 0. The first-order valence-electron chi connectivity index (χ1n) is 7.57. The smallest absolute Gasteiger partial charge is 0.225 e. The number of nitrogens with one attached hydrogen (secondary N) is 1. The number of rotatable bonds is 2. The first kappa shape index (κ1) is 14.8. The average molecular weight is 268 g/mol. The molecule has 2 fully saturated rings. The van der Waals surface area contributed by atoms with E-state index in [0.29, 0.717) is 11.8 Å². The van der Waals surface area contributed by atoms with Crippen molar-refractivity contribution in [2.75, 3.05) is 32.8 Å². The van der Waals surface area contributed by atoms with E-state index in [1.807, 2.05) is 4.90 Å². The molecule has 1 unspecified atom stereocenters. The molecule has 2 aliphatic heterocycles. The van der Waals surface area contributed by atoms with Crippen LogP contribution in [0, 0.1) is 11.3 Å². The summed E-state index contributed by atoms with van der Waals surface area (Å²) in [7, 11) is 0. The monoisotopic (exact) mass is 268 g/mol. The van der Waals surface area contributed by atoms with E-state index in [9.17, 15) is 4.79 Å². The van der Waals surface area contributed by atoms with Gasteiger partial charge in [-0.1, -0.05) is 20.8 Å². The van der Waals surface area contributed by atoms with Gasteiger partial charge in [0.15, 0.2) is 0 Å². The molecule has 2 aliphatic rings. The highest BCUT2D eigenvalue weighted by molar-refractivity contribution is 5.76. The molecule has 0 radical (unpaired) electrons. The van der Waals surface area contributed by atoms with Gasteiger partial charge in [0.05, 0.1) is 19.1 Å². The predicted octanol–water partition coefficient (Wildman–Crippen LogP) is 1.65. The second-order valence-electron chi connectivity index (χ2n) is 6.92. The van der Waals surface area contributed by atoms with E-state index < -0.39 is 0 Å². The van der Waals surface area contributed by atoms with Crippen LogP contribution in [0.1, 0.15) is 40.0 Å². The number of likely N-dealkylation sites (tertiary alicyclic amines) is 1. The summed E-state index contributed by atoms with van der Waals surface area (Å²) < 4.78 is 5.60. The third-order valence-electron chi connectivity index (χ3n) is 4.48. The molecule has 1 amide bonds. The summed E-state index contributed by atoms with van der Waals surface area (Å²) in [5.74, 6) is 1.00. The first-order chi connectivity index (χ1) is 8.97. The second kappa shape index (κ2) is 6.23. The molecule has 0 spiro atoms. The zero-order valence-electron chi connectivity index (χ0n) is 12.6. The fraction of sp³-hybridized carbons (Fsp3) is 0.933. The Bertz CT molecular complexity index is 298. The Morgan fingerprint density at radius 3 is 2.53 bits per heavy atom. The fourth-order valence-electron chi connectivity index (χ4n) is 3.07. The van der Waals surface area contributed by atoms with Gasteiger partial charge in [0.1, 0.15) is 0 Å². The van der Waals surface area contributed by atoms with Gasteiger partial charge in [-0.3, -0.25) is 4.79 Å². The topological polar surface area (TPSA) is 41.6 Å². The second-order valence-corrected chi connectivity index (χ2v) is 6.92. The van der Waals surface area contributed by atoms with E-state index in [1.165, 1.54) is 0 Å². The van der Waals surface area contributed by atoms with Crippen molar-refractivity contribution in [1.82, 2.24) is 10.2 Å². The maximum absolute atomic E-state index is 12.2. The van der Waals surface area contributed by atoms with Crippen LogP contribution < -0.4 is 5.32 Å². The standard InChI is InChI=1S/C15H28N2O2/c1-15(2,3)12-4-7-17(8-5-12)14(18)10-13-11-16-6-9-19-13/h12-13,16H,4-11H2,1-3H3. The third kappa shape index (κ3) is 4.18. The lowest BCUT2D eigenvalue weighted by atomic mass is 9.75. The number of morpholine rings is 1. The van der Waals surface area contributed by atoms with Crippen molar-refractivity contribution in [2.45, 2.75) is 46.1 Å². The number of carbonyl (C=O) groups is 1. The van der Waals surface area contributed by atoms with Crippen LogP contribution in [0.3, 0.4) is 0 Å². The van der Waals surface area contributed by atoms with Gasteiger partial charge in [-0.15, -0.1) is 0 Å². The lowest BCUT2D eigenvalue weighted by Crippen LogP contribution is -2.45. The number of hydrogen-bond acceptors (Lipinski definition) is 3. The predicted molar refractivity (Wildman–Crippen MR) is 76.0 cm³/mol. The number of nitrogens with zero attached hydrogens (tertiary/aromatic N) is 1. The molecule has 110 valence electrons. The number of carbonyl (C=O) groups excluding carboxylic acids is 1. The maximum Gasteiger partial charge on any atom is 0.225 e. The Kier molecular flexibility index (Phi) is 4.85. The molecule has 0 aromatic rings. The van der Waals surface area contributed by atoms with Gasteiger partial charge in [-0.05, 0) is 24.2 Å². The Labute approximate surface area is 116 Å². The highest BCUT2D eigenvalue weighted by atomic mass is 16.5. The average Bonchev–Trinajstić information content (AvgIpc) is 2.39. The van der Waals surface area contributed by atoms with E-state index in [4.69, 9.17) is 4.74 Å². The molecule has 0 aromatic carbocycles. The Morgan fingerprint density at radius 2 is 2.00 bits per heavy atom. The van der Waals surface area contributed by atoms with E-state index in [1.54, 1.807) is 0 Å². The van der Waals surface area contributed by atoms with Gasteiger partial charge in [-0.25, -0.2) is 0 Å². The van der Waals surface area contributed by atoms with Crippen molar-refractivity contribution in [3.05, 3.63) is 0 Å². The summed E-state index contributed by atoms with van der Waals surface area (Å²) in [5, 5.41) is 3.27. The third-order valence-corrected chi connectivity index (χ3v) is 4.48. The molecule has 4 nitrogen and oxygen atoms in total. The van der Waals surface area contributed by atoms with E-state index in [0.717, 1.165) is 51.5 Å². The van der Waals surface area contributed by atoms with Crippen LogP contribution in [-0.4, -0.2) is 49.7 Å². The normalized spacial score (nSPS) is 26.5. The molecular weight excluding hydrogens is 240 g/mol. The minimum absolute atomic E-state index is 0.0709. The molecule has 0 aromatic heterocycles. The van der Waals surface area contributed by atoms with Gasteiger partial charge >= 0.3 is 0 Å². The molecule has 0 saturated carbocycles. The molecule has 2 heterocycles. The van der Waals surface area contributed by atoms with Crippen molar-refractivity contribution in [3.63, 3.8) is 0 Å². The van der Waals surface area contributed by atoms with E-state index in [2.05, 4.69) is 26.1 Å². The SMILES string of the molecule is CC(C)(C)C1CCN(C(=O)CC2CNCCO2)CC1. The molecule has 1 N–H and O–H groups in total. The summed E-state index contributed by atoms with van der Waals surface area (Å²) in [5.41, 5.74) is 0.367. The molecule has 4 heteroatoms. The molecule has 0 bridgehead atoms. The molecule has 2 rings (SSSR count). The van der Waals surface area contributed by atoms with Crippen LogP contribution in [-0.2, 0) is 9.53 Å². The highest BCUT2D eigenvalue weighted by Gasteiger charge is 2.31. The Hall–Kier alpha value is -0.610. The number of amides is 1. The number of ether oxygens (including phenoxy) is 1. The van der Waals surface area contributed by atoms with Crippen LogP contribution >= 0.6 is 0 Å². The maximum atomic E-state index is 12.2. The van der Waals surface area contributed by atoms with Crippen LogP contribution in [0.4, 0.5) is 0 Å². The van der Waals surface area contributed by atoms with E-state index >= 15 is 0 Å². The van der Waals surface area contributed by atoms with E-state index in [-0.39, 0.29) is 12.0 Å². The summed E-state index contributed by atoms with van der Waals surface area (Å²) in [4.78, 5) is 14.3. The summed E-state index contributed by atoms with van der Waals surface area (Å²) in [6.07, 6.45) is 2.88. The Balaban J connectivity index is 1.76. The molecular formula is C15H28N2O2. The Morgan fingerprint density at radius 1 is 1.32 bits per heavy atom. The summed E-state index contributed by atoms with van der Waals surface area (Å²) in [6.45, 7) is 11.2. The van der Waals surface area contributed by atoms with Crippen molar-refractivity contribution < 1.29 is 9.53 Å². The zero-order valence-corrected chi connectivity index (χ0v) is 12.6. The highest BCUT2D eigenvalue weighted by Crippen LogP contribution is 2.34. The number of hydrogen-bond donors (Lipinski definition) is 1. The first-order valence-corrected chi connectivity index (χ1v) is 7.57. The number of piperidine rings is 1. The molecule has 1 atom stereocenters. The largest absolute Gasteiger partial charge is 0.375 e. The van der Waals surface area contributed by atoms with Gasteiger partial charge in [0.2, 0.25) is 5.91 Å². The summed E-state index contributed by atoms with van der Waals surface area (Å²) in [6, 6.07) is 0. The van der Waals surface area contributed by atoms with Crippen molar-refractivity contribution in [1.29, 1.82) is 0 Å². The minimum Gasteiger partial charge on any atom is -0.375 e. The quantitative estimate of drug-likeness (QED) is 0.828. The molecule has 2 saturated heterocycles. The fourth-order valence-corrected chi connectivity index (χ4v) is 3.07. The van der Waals surface area contributed by atoms with Crippen molar-refractivity contribution in [2.24, 2.45) is 11.3 Å². The van der Waals surface area contributed by atoms with Crippen molar-refractivity contribution >= 4 is 5.91 Å². The van der Waals surface area contributed by atoms with Crippen LogP contribution in [0.15, 0.2) is 0 Å². The van der Waals surface area contributed by atoms with Crippen LogP contribution in [0.2, 0.25) is 0 Å². The van der Waals surface area contributed by atoms with Gasteiger partial charge < -0.3 is 15.0 Å².